The van der Waals surface area contributed by atoms with Gasteiger partial charge in [-0.1, -0.05) is 23.7 Å². The molecule has 1 aromatic rings. The van der Waals surface area contributed by atoms with Crippen molar-refractivity contribution < 1.29 is 5.21 Å². The molecule has 1 aromatic carbocycles. The lowest BCUT2D eigenvalue weighted by molar-refractivity contribution is 0.216. The van der Waals surface area contributed by atoms with Gasteiger partial charge in [0.05, 0.1) is 6.04 Å². The van der Waals surface area contributed by atoms with Crippen molar-refractivity contribution in [3.05, 3.63) is 29.3 Å². The lowest BCUT2D eigenvalue weighted by Gasteiger charge is -2.39. The highest BCUT2D eigenvalue weighted by Crippen LogP contribution is 2.20. The van der Waals surface area contributed by atoms with E-state index in [0.29, 0.717) is 5.84 Å². The number of oxime groups is 1. The van der Waals surface area contributed by atoms with Gasteiger partial charge >= 0.3 is 0 Å². The van der Waals surface area contributed by atoms with E-state index in [4.69, 9.17) is 22.5 Å². The van der Waals surface area contributed by atoms with Gasteiger partial charge in [-0.25, -0.2) is 0 Å². The fourth-order valence-electron chi connectivity index (χ4n) is 2.66. The fourth-order valence-corrected chi connectivity index (χ4v) is 2.79. The van der Waals surface area contributed by atoms with E-state index in [0.717, 1.165) is 37.6 Å². The fraction of sp³-hybridized carbons (Fsp3) is 0.500. The van der Waals surface area contributed by atoms with Crippen LogP contribution < -0.4 is 10.6 Å². The average Bonchev–Trinajstić information content (AvgIpc) is 2.49. The summed E-state index contributed by atoms with van der Waals surface area (Å²) in [4.78, 5) is 4.59. The molecule has 1 fully saturated rings. The van der Waals surface area contributed by atoms with E-state index in [1.165, 1.54) is 5.69 Å². The number of hydrogen-bond acceptors (Lipinski definition) is 4. The predicted octanol–water partition coefficient (Wildman–Crippen LogP) is 1.99. The average molecular weight is 297 g/mol. The first-order chi connectivity index (χ1) is 9.65. The van der Waals surface area contributed by atoms with E-state index in [9.17, 15) is 0 Å². The molecule has 5 nitrogen and oxygen atoms in total. The van der Waals surface area contributed by atoms with Crippen molar-refractivity contribution in [1.82, 2.24) is 4.90 Å². The van der Waals surface area contributed by atoms with Gasteiger partial charge in [0, 0.05) is 36.9 Å². The number of amidine groups is 1. The van der Waals surface area contributed by atoms with Crippen LogP contribution >= 0.6 is 11.6 Å². The molecule has 1 atom stereocenters. The third-order valence-electron chi connectivity index (χ3n) is 3.79. The van der Waals surface area contributed by atoms with Crippen LogP contribution in [0.2, 0.25) is 5.02 Å². The molecule has 1 aliphatic heterocycles. The molecule has 0 aromatic heterocycles. The van der Waals surface area contributed by atoms with E-state index < -0.39 is 0 Å². The Bertz CT molecular complexity index is 455. The Morgan fingerprint density at radius 2 is 1.90 bits per heavy atom. The summed E-state index contributed by atoms with van der Waals surface area (Å²) in [5.74, 6) is 0.299. The van der Waals surface area contributed by atoms with Crippen LogP contribution in [0.25, 0.3) is 0 Å². The van der Waals surface area contributed by atoms with Gasteiger partial charge in [-0.2, -0.15) is 0 Å². The third-order valence-corrected chi connectivity index (χ3v) is 4.04. The summed E-state index contributed by atoms with van der Waals surface area (Å²) in [5.41, 5.74) is 6.94. The summed E-state index contributed by atoms with van der Waals surface area (Å²) in [5, 5.41) is 12.7. The zero-order valence-corrected chi connectivity index (χ0v) is 12.4. The van der Waals surface area contributed by atoms with Gasteiger partial charge in [0.15, 0.2) is 5.84 Å². The van der Waals surface area contributed by atoms with Crippen LogP contribution in [-0.4, -0.2) is 48.2 Å². The molecule has 0 spiro atoms. The van der Waals surface area contributed by atoms with E-state index in [1.807, 2.05) is 31.2 Å². The normalized spacial score (nSPS) is 19.1. The van der Waals surface area contributed by atoms with Crippen molar-refractivity contribution in [1.29, 1.82) is 0 Å². The molecule has 110 valence electrons. The topological polar surface area (TPSA) is 65.1 Å². The Hall–Kier alpha value is -1.46. The van der Waals surface area contributed by atoms with Crippen LogP contribution in [0.1, 0.15) is 13.3 Å². The standard InChI is InChI=1S/C14H21ClN4O/c1-2-13(14(16)17-20)19-9-7-18(8-10-19)12-5-3-11(15)4-6-12/h3-6,13,20H,2,7-10H2,1H3,(H2,16,17). The Kier molecular flexibility index (Phi) is 5.09. The second-order valence-electron chi connectivity index (χ2n) is 4.95. The monoisotopic (exact) mass is 296 g/mol. The van der Waals surface area contributed by atoms with Crippen LogP contribution in [0, 0.1) is 0 Å². The zero-order valence-electron chi connectivity index (χ0n) is 11.7. The van der Waals surface area contributed by atoms with Crippen LogP contribution in [0.4, 0.5) is 5.69 Å². The van der Waals surface area contributed by atoms with Crippen LogP contribution in [0.5, 0.6) is 0 Å². The van der Waals surface area contributed by atoms with Crippen LogP contribution in [0.3, 0.4) is 0 Å². The predicted molar refractivity (Wildman–Crippen MR) is 82.7 cm³/mol. The number of piperazine rings is 1. The summed E-state index contributed by atoms with van der Waals surface area (Å²) in [7, 11) is 0. The Balaban J connectivity index is 1.96. The minimum Gasteiger partial charge on any atom is -0.409 e. The molecule has 0 saturated carbocycles. The van der Waals surface area contributed by atoms with Gasteiger partial charge in [-0.15, -0.1) is 0 Å². The highest BCUT2D eigenvalue weighted by atomic mass is 35.5. The summed E-state index contributed by atoms with van der Waals surface area (Å²) in [6.07, 6.45) is 0.844. The molecule has 1 saturated heterocycles. The van der Waals surface area contributed by atoms with Crippen molar-refractivity contribution in [3.63, 3.8) is 0 Å². The number of rotatable bonds is 4. The number of nitrogens with zero attached hydrogens (tertiary/aromatic N) is 3. The van der Waals surface area contributed by atoms with Crippen molar-refractivity contribution in [2.45, 2.75) is 19.4 Å². The number of nitrogens with two attached hydrogens (primary N) is 1. The molecule has 1 unspecified atom stereocenters. The lowest BCUT2D eigenvalue weighted by Crippen LogP contribution is -2.54. The minimum absolute atomic E-state index is 0.0207. The van der Waals surface area contributed by atoms with Crippen molar-refractivity contribution >= 4 is 23.1 Å². The number of anilines is 1. The lowest BCUT2D eigenvalue weighted by atomic mass is 10.1. The third kappa shape index (κ3) is 3.35. The molecule has 20 heavy (non-hydrogen) atoms. The number of halogens is 1. The van der Waals surface area contributed by atoms with Gasteiger partial charge < -0.3 is 15.8 Å². The molecule has 1 aliphatic rings. The smallest absolute Gasteiger partial charge is 0.156 e. The maximum Gasteiger partial charge on any atom is 0.156 e. The first-order valence-corrected chi connectivity index (χ1v) is 7.25. The Morgan fingerprint density at radius 1 is 1.30 bits per heavy atom. The molecule has 0 radical (unpaired) electrons. The highest BCUT2D eigenvalue weighted by Gasteiger charge is 2.25. The Morgan fingerprint density at radius 3 is 2.40 bits per heavy atom. The molecular weight excluding hydrogens is 276 g/mol. The maximum absolute atomic E-state index is 8.84. The maximum atomic E-state index is 8.84. The Labute approximate surface area is 124 Å². The second kappa shape index (κ2) is 6.81. The van der Waals surface area contributed by atoms with E-state index >= 15 is 0 Å². The largest absolute Gasteiger partial charge is 0.409 e. The molecular formula is C14H21ClN4O. The quantitative estimate of drug-likeness (QED) is 0.386. The number of hydrogen-bond donors (Lipinski definition) is 2. The summed E-state index contributed by atoms with van der Waals surface area (Å²) < 4.78 is 0. The van der Waals surface area contributed by atoms with Crippen LogP contribution in [0.15, 0.2) is 29.4 Å². The molecule has 3 N–H and O–H groups in total. The number of benzene rings is 1. The van der Waals surface area contributed by atoms with Gasteiger partial charge in [0.2, 0.25) is 0 Å². The summed E-state index contributed by atoms with van der Waals surface area (Å²) in [6, 6.07) is 7.92. The summed E-state index contributed by atoms with van der Waals surface area (Å²) >= 11 is 5.91. The first-order valence-electron chi connectivity index (χ1n) is 6.87. The summed E-state index contributed by atoms with van der Waals surface area (Å²) in [6.45, 7) is 5.71. The van der Waals surface area contributed by atoms with Crippen molar-refractivity contribution in [2.24, 2.45) is 10.9 Å². The van der Waals surface area contributed by atoms with Gasteiger partial charge in [-0.3, -0.25) is 4.90 Å². The molecule has 6 heteroatoms. The van der Waals surface area contributed by atoms with Gasteiger partial charge in [0.1, 0.15) is 0 Å². The molecule has 0 aliphatic carbocycles. The molecule has 0 bridgehead atoms. The molecule has 0 amide bonds. The van der Waals surface area contributed by atoms with Crippen molar-refractivity contribution in [2.75, 3.05) is 31.1 Å². The van der Waals surface area contributed by atoms with E-state index in [2.05, 4.69) is 15.0 Å². The second-order valence-corrected chi connectivity index (χ2v) is 5.38. The highest BCUT2D eigenvalue weighted by molar-refractivity contribution is 6.30. The zero-order chi connectivity index (χ0) is 14.5. The molecule has 2 rings (SSSR count). The van der Waals surface area contributed by atoms with Gasteiger partial charge in [-0.05, 0) is 30.7 Å². The first kappa shape index (κ1) is 14.9. The van der Waals surface area contributed by atoms with E-state index in [1.54, 1.807) is 0 Å². The SMILES string of the molecule is CCC(C(N)=NO)N1CCN(c2ccc(Cl)cc2)CC1. The van der Waals surface area contributed by atoms with Gasteiger partial charge in [0.25, 0.3) is 0 Å². The van der Waals surface area contributed by atoms with E-state index in [-0.39, 0.29) is 6.04 Å². The minimum atomic E-state index is 0.0207. The molecule has 1 heterocycles. The van der Waals surface area contributed by atoms with Crippen molar-refractivity contribution in [3.8, 4) is 0 Å². The van der Waals surface area contributed by atoms with Crippen LogP contribution in [-0.2, 0) is 0 Å².